The van der Waals surface area contributed by atoms with Gasteiger partial charge >= 0.3 is 0 Å². The summed E-state index contributed by atoms with van der Waals surface area (Å²) in [6.45, 7) is 7.87. The lowest BCUT2D eigenvalue weighted by atomic mass is 10.2. The maximum absolute atomic E-state index is 12.2. The van der Waals surface area contributed by atoms with E-state index in [0.29, 0.717) is 6.54 Å². The van der Waals surface area contributed by atoms with E-state index in [4.69, 9.17) is 11.6 Å². The summed E-state index contributed by atoms with van der Waals surface area (Å²) in [5, 5.41) is 4.98. The molecule has 1 heterocycles. The highest BCUT2D eigenvalue weighted by Crippen LogP contribution is 2.26. The second-order valence-electron chi connectivity index (χ2n) is 5.08. The highest BCUT2D eigenvalue weighted by atomic mass is 35.5. The molecule has 1 unspecified atom stereocenters. The van der Waals surface area contributed by atoms with Crippen LogP contribution in [0.2, 0.25) is 5.02 Å². The van der Waals surface area contributed by atoms with Crippen LogP contribution in [-0.2, 0) is 11.3 Å². The number of aromatic amines is 1. The lowest BCUT2D eigenvalue weighted by Crippen LogP contribution is -2.44. The van der Waals surface area contributed by atoms with Crippen LogP contribution >= 0.6 is 11.6 Å². The Morgan fingerprint density at radius 2 is 2.00 bits per heavy atom. The van der Waals surface area contributed by atoms with Crippen molar-refractivity contribution in [3.63, 3.8) is 0 Å². The van der Waals surface area contributed by atoms with Crippen molar-refractivity contribution in [1.82, 2.24) is 15.2 Å². The van der Waals surface area contributed by atoms with Gasteiger partial charge in [0.1, 0.15) is 0 Å². The average molecular weight is 308 g/mol. The summed E-state index contributed by atoms with van der Waals surface area (Å²) in [6.07, 6.45) is 0. The molecule has 114 valence electrons. The number of hydrogen-bond acceptors (Lipinski definition) is 2. The van der Waals surface area contributed by atoms with Gasteiger partial charge < -0.3 is 15.2 Å². The molecule has 4 nitrogen and oxygen atoms in total. The molecule has 1 aromatic heterocycles. The zero-order valence-corrected chi connectivity index (χ0v) is 13.5. The van der Waals surface area contributed by atoms with Crippen LogP contribution in [-0.4, -0.2) is 34.9 Å². The molecule has 0 fully saturated rings. The summed E-state index contributed by atoms with van der Waals surface area (Å²) in [5.74, 6) is 0.118. The van der Waals surface area contributed by atoms with Gasteiger partial charge in [-0.05, 0) is 26.8 Å². The van der Waals surface area contributed by atoms with E-state index in [-0.39, 0.29) is 11.9 Å². The smallest absolute Gasteiger partial charge is 0.239 e. The van der Waals surface area contributed by atoms with Crippen molar-refractivity contribution < 1.29 is 4.79 Å². The number of hydrogen-bond donors (Lipinski definition) is 2. The largest absolute Gasteiger partial charge is 0.356 e. The molecule has 1 aromatic carbocycles. The zero-order valence-electron chi connectivity index (χ0n) is 12.7. The molecular formula is C16H22ClN3O. The van der Waals surface area contributed by atoms with Gasteiger partial charge in [-0.1, -0.05) is 29.8 Å². The molecule has 0 saturated heterocycles. The number of nitrogens with one attached hydrogen (secondary N) is 2. The van der Waals surface area contributed by atoms with Gasteiger partial charge in [0, 0.05) is 36.2 Å². The van der Waals surface area contributed by atoms with Crippen molar-refractivity contribution in [2.75, 3.05) is 13.1 Å². The molecule has 0 saturated carbocycles. The number of likely N-dealkylation sites (N-methyl/N-ethyl adjacent to an activating group) is 1. The van der Waals surface area contributed by atoms with E-state index in [1.807, 2.05) is 49.9 Å². The molecule has 0 bridgehead atoms. The predicted molar refractivity (Wildman–Crippen MR) is 87.5 cm³/mol. The van der Waals surface area contributed by atoms with Crippen LogP contribution in [0.1, 0.15) is 26.5 Å². The van der Waals surface area contributed by atoms with E-state index in [9.17, 15) is 4.79 Å². The summed E-state index contributed by atoms with van der Waals surface area (Å²) in [5.41, 5.74) is 1.93. The van der Waals surface area contributed by atoms with Gasteiger partial charge in [-0.25, -0.2) is 0 Å². The van der Waals surface area contributed by atoms with Crippen LogP contribution in [0.15, 0.2) is 24.3 Å². The molecular weight excluding hydrogens is 286 g/mol. The van der Waals surface area contributed by atoms with Gasteiger partial charge in [-0.15, -0.1) is 0 Å². The van der Waals surface area contributed by atoms with E-state index in [1.165, 1.54) is 0 Å². The van der Waals surface area contributed by atoms with Gasteiger partial charge in [-0.2, -0.15) is 0 Å². The van der Waals surface area contributed by atoms with Crippen LogP contribution in [0.3, 0.4) is 0 Å². The Morgan fingerprint density at radius 1 is 1.33 bits per heavy atom. The highest BCUT2D eigenvalue weighted by molar-refractivity contribution is 6.36. The Morgan fingerprint density at radius 3 is 2.62 bits per heavy atom. The summed E-state index contributed by atoms with van der Waals surface area (Å²) in [4.78, 5) is 17.3. The first-order chi connectivity index (χ1) is 10.1. The van der Waals surface area contributed by atoms with E-state index < -0.39 is 0 Å². The minimum absolute atomic E-state index is 0.118. The molecule has 21 heavy (non-hydrogen) atoms. The van der Waals surface area contributed by atoms with Crippen LogP contribution in [0.25, 0.3) is 10.9 Å². The maximum atomic E-state index is 12.2. The van der Waals surface area contributed by atoms with E-state index in [0.717, 1.165) is 34.7 Å². The molecule has 5 heteroatoms. The minimum atomic E-state index is -0.229. The minimum Gasteiger partial charge on any atom is -0.356 e. The van der Waals surface area contributed by atoms with Crippen LogP contribution in [0.4, 0.5) is 0 Å². The number of nitrogens with zero attached hydrogens (tertiary/aromatic N) is 1. The Hall–Kier alpha value is -1.52. The molecule has 0 aliphatic rings. The molecule has 1 amide bonds. The number of carbonyl (C=O) groups excluding carboxylic acids is 1. The molecule has 2 N–H and O–H groups in total. The van der Waals surface area contributed by atoms with Crippen molar-refractivity contribution in [2.24, 2.45) is 0 Å². The number of carbonyl (C=O) groups is 1. The highest BCUT2D eigenvalue weighted by Gasteiger charge is 2.18. The van der Waals surface area contributed by atoms with Crippen molar-refractivity contribution >= 4 is 28.4 Å². The van der Waals surface area contributed by atoms with Gasteiger partial charge in [0.05, 0.1) is 11.1 Å². The number of H-pyrrole nitrogens is 1. The molecule has 1 atom stereocenters. The lowest BCUT2D eigenvalue weighted by Gasteiger charge is -2.23. The van der Waals surface area contributed by atoms with Gasteiger partial charge in [0.2, 0.25) is 5.91 Å². The number of rotatable bonds is 6. The van der Waals surface area contributed by atoms with Gasteiger partial charge in [0.25, 0.3) is 0 Å². The first kappa shape index (κ1) is 15.9. The number of fused-ring (bicyclic) bond motifs is 1. The predicted octanol–water partition coefficient (Wildman–Crippen LogP) is 3.17. The first-order valence-corrected chi connectivity index (χ1v) is 7.73. The fourth-order valence-corrected chi connectivity index (χ4v) is 2.72. The second kappa shape index (κ2) is 6.96. The quantitative estimate of drug-likeness (QED) is 0.861. The summed E-state index contributed by atoms with van der Waals surface area (Å²) in [6, 6.07) is 7.69. The number of amides is 1. The van der Waals surface area contributed by atoms with Gasteiger partial charge in [0.15, 0.2) is 0 Å². The van der Waals surface area contributed by atoms with Crippen molar-refractivity contribution in [2.45, 2.75) is 33.4 Å². The fourth-order valence-electron chi connectivity index (χ4n) is 2.44. The third-order valence-electron chi connectivity index (χ3n) is 3.74. The summed E-state index contributed by atoms with van der Waals surface area (Å²) < 4.78 is 0. The number of halogens is 1. The average Bonchev–Trinajstić information content (AvgIpc) is 2.83. The first-order valence-electron chi connectivity index (χ1n) is 7.35. The third-order valence-corrected chi connectivity index (χ3v) is 4.18. The maximum Gasteiger partial charge on any atom is 0.239 e. The topological polar surface area (TPSA) is 48.1 Å². The van der Waals surface area contributed by atoms with E-state index in [1.54, 1.807) is 0 Å². The second-order valence-corrected chi connectivity index (χ2v) is 5.45. The van der Waals surface area contributed by atoms with Crippen LogP contribution in [0, 0.1) is 0 Å². The van der Waals surface area contributed by atoms with E-state index >= 15 is 0 Å². The molecule has 2 rings (SSSR count). The van der Waals surface area contributed by atoms with E-state index in [2.05, 4.69) is 10.3 Å². The summed E-state index contributed by atoms with van der Waals surface area (Å²) in [7, 11) is 0. The molecule has 0 aliphatic heterocycles. The standard InChI is InChI=1S/C16H22ClN3O/c1-4-20(5-2)16(21)11(3)18-10-14-15(17)12-8-6-7-9-13(12)19-14/h6-9,11,18-19H,4-5,10H2,1-3H3. The Kier molecular flexibility index (Phi) is 5.26. The van der Waals surface area contributed by atoms with Gasteiger partial charge in [-0.3, -0.25) is 4.79 Å². The van der Waals surface area contributed by atoms with Crippen LogP contribution < -0.4 is 5.32 Å². The molecule has 0 aliphatic carbocycles. The van der Waals surface area contributed by atoms with Crippen molar-refractivity contribution in [3.8, 4) is 0 Å². The number of benzene rings is 1. The normalized spacial score (nSPS) is 12.6. The number of aromatic nitrogens is 1. The van der Waals surface area contributed by atoms with Crippen LogP contribution in [0.5, 0.6) is 0 Å². The molecule has 2 aromatic rings. The fraction of sp³-hybridized carbons (Fsp3) is 0.438. The monoisotopic (exact) mass is 307 g/mol. The Labute approximate surface area is 130 Å². The lowest BCUT2D eigenvalue weighted by molar-refractivity contribution is -0.132. The zero-order chi connectivity index (χ0) is 15.4. The summed E-state index contributed by atoms with van der Waals surface area (Å²) >= 11 is 6.37. The molecule has 0 radical (unpaired) electrons. The SMILES string of the molecule is CCN(CC)C(=O)C(C)NCc1[nH]c2ccccc2c1Cl. The number of para-hydroxylation sites is 1. The Balaban J connectivity index is 2.04. The third kappa shape index (κ3) is 3.39. The molecule has 0 spiro atoms. The van der Waals surface area contributed by atoms with Crippen molar-refractivity contribution in [1.29, 1.82) is 0 Å². The Bertz CT molecular complexity index is 619. The van der Waals surface area contributed by atoms with Crippen molar-refractivity contribution in [3.05, 3.63) is 35.0 Å².